The second-order valence-electron chi connectivity index (χ2n) is 4.65. The van der Waals surface area contributed by atoms with Crippen LogP contribution in [0.5, 0.6) is 5.75 Å². The number of rotatable bonds is 6. The van der Waals surface area contributed by atoms with Crippen LogP contribution >= 0.6 is 38.5 Å². The minimum Gasteiger partial charge on any atom is -0.435 e. The van der Waals surface area contributed by atoms with Gasteiger partial charge >= 0.3 is 6.61 Å². The number of carbonyl (C=O) groups excluding carboxylic acids is 1. The topological polar surface area (TPSA) is 38.3 Å². The number of hydrogen-bond donors (Lipinski definition) is 1. The number of nitrogens with one attached hydrogen (secondary N) is 1. The van der Waals surface area contributed by atoms with Gasteiger partial charge in [-0.2, -0.15) is 8.78 Å². The van der Waals surface area contributed by atoms with E-state index in [1.54, 1.807) is 18.2 Å². The molecule has 0 spiro atoms. The van der Waals surface area contributed by atoms with Gasteiger partial charge in [-0.15, -0.1) is 0 Å². The molecule has 2 rings (SSSR count). The van der Waals surface area contributed by atoms with Crippen LogP contribution in [-0.2, 0) is 6.42 Å². The Morgan fingerprint density at radius 2 is 1.91 bits per heavy atom. The lowest BCUT2D eigenvalue weighted by Crippen LogP contribution is -2.26. The van der Waals surface area contributed by atoms with Crippen LogP contribution in [0.4, 0.5) is 8.78 Å². The van der Waals surface area contributed by atoms with Gasteiger partial charge in [0.1, 0.15) is 5.75 Å². The number of benzene rings is 2. The molecule has 0 saturated carbocycles. The monoisotopic (exact) mass is 495 g/mol. The van der Waals surface area contributed by atoms with Crippen molar-refractivity contribution in [3.8, 4) is 5.75 Å². The molecular weight excluding hydrogens is 483 g/mol. The van der Waals surface area contributed by atoms with Gasteiger partial charge in [-0.1, -0.05) is 28.1 Å². The summed E-state index contributed by atoms with van der Waals surface area (Å²) >= 11 is 5.46. The molecule has 122 valence electrons. The SMILES string of the molecule is O=C(NCCc1ccc(OC(F)F)cc1)c1cc(Br)ccc1I. The summed E-state index contributed by atoms with van der Waals surface area (Å²) in [6.07, 6.45) is 0.602. The van der Waals surface area contributed by atoms with Gasteiger partial charge in [0.15, 0.2) is 0 Å². The van der Waals surface area contributed by atoms with Gasteiger partial charge in [0.05, 0.1) is 5.56 Å². The highest BCUT2D eigenvalue weighted by molar-refractivity contribution is 14.1. The van der Waals surface area contributed by atoms with E-state index in [4.69, 9.17) is 0 Å². The molecule has 2 aromatic carbocycles. The van der Waals surface area contributed by atoms with E-state index >= 15 is 0 Å². The summed E-state index contributed by atoms with van der Waals surface area (Å²) in [6, 6.07) is 11.9. The largest absolute Gasteiger partial charge is 0.435 e. The Morgan fingerprint density at radius 1 is 1.22 bits per heavy atom. The molecule has 0 unspecified atom stereocenters. The Bertz CT molecular complexity index is 680. The Balaban J connectivity index is 1.87. The van der Waals surface area contributed by atoms with E-state index in [0.29, 0.717) is 18.5 Å². The molecular formula is C16H13BrF2INO2. The molecule has 7 heteroatoms. The molecule has 0 radical (unpaired) electrons. The maximum Gasteiger partial charge on any atom is 0.387 e. The zero-order valence-corrected chi connectivity index (χ0v) is 15.6. The van der Waals surface area contributed by atoms with Crippen molar-refractivity contribution in [3.05, 3.63) is 61.6 Å². The molecule has 2 aromatic rings. The summed E-state index contributed by atoms with van der Waals surface area (Å²) in [5.41, 5.74) is 1.54. The van der Waals surface area contributed by atoms with Crippen molar-refractivity contribution in [3.63, 3.8) is 0 Å². The molecule has 0 atom stereocenters. The highest BCUT2D eigenvalue weighted by atomic mass is 127. The second kappa shape index (κ2) is 8.58. The van der Waals surface area contributed by atoms with Crippen molar-refractivity contribution in [2.24, 2.45) is 0 Å². The maximum atomic E-state index is 12.1. The average Bonchev–Trinajstić information content (AvgIpc) is 2.51. The average molecular weight is 496 g/mol. The van der Waals surface area contributed by atoms with Gasteiger partial charge in [0.2, 0.25) is 0 Å². The molecule has 23 heavy (non-hydrogen) atoms. The first-order valence-electron chi connectivity index (χ1n) is 6.72. The lowest BCUT2D eigenvalue weighted by Gasteiger charge is -2.08. The standard InChI is InChI=1S/C16H13BrF2INO2/c17-11-3-6-14(20)13(9-11)15(22)21-8-7-10-1-4-12(5-2-10)23-16(18)19/h1-6,9,16H,7-8H2,(H,21,22). The van der Waals surface area contributed by atoms with Crippen LogP contribution in [0.3, 0.4) is 0 Å². The molecule has 0 saturated heterocycles. The van der Waals surface area contributed by atoms with Crippen LogP contribution < -0.4 is 10.1 Å². The minimum absolute atomic E-state index is 0.122. The van der Waals surface area contributed by atoms with E-state index < -0.39 is 6.61 Å². The van der Waals surface area contributed by atoms with Crippen LogP contribution in [0.2, 0.25) is 0 Å². The predicted molar refractivity (Wildman–Crippen MR) is 96.0 cm³/mol. The molecule has 1 amide bonds. The van der Waals surface area contributed by atoms with E-state index in [1.807, 2.05) is 12.1 Å². The van der Waals surface area contributed by atoms with Crippen LogP contribution in [0.1, 0.15) is 15.9 Å². The fraction of sp³-hybridized carbons (Fsp3) is 0.188. The van der Waals surface area contributed by atoms with E-state index in [2.05, 4.69) is 48.6 Å². The Morgan fingerprint density at radius 3 is 2.57 bits per heavy atom. The molecule has 0 aliphatic carbocycles. The molecule has 0 heterocycles. The second-order valence-corrected chi connectivity index (χ2v) is 6.73. The van der Waals surface area contributed by atoms with E-state index in [0.717, 1.165) is 13.6 Å². The number of ether oxygens (including phenoxy) is 1. The van der Waals surface area contributed by atoms with Gasteiger partial charge in [-0.3, -0.25) is 4.79 Å². The number of amides is 1. The van der Waals surface area contributed by atoms with Gasteiger partial charge in [0, 0.05) is 14.6 Å². The summed E-state index contributed by atoms with van der Waals surface area (Å²) in [5, 5.41) is 2.85. The molecule has 0 bridgehead atoms. The van der Waals surface area contributed by atoms with Gasteiger partial charge in [-0.05, 0) is 64.9 Å². The van der Waals surface area contributed by atoms with Crippen molar-refractivity contribution in [2.45, 2.75) is 13.0 Å². The third-order valence-corrected chi connectivity index (χ3v) is 4.45. The quantitative estimate of drug-likeness (QED) is 0.593. The maximum absolute atomic E-state index is 12.1. The zero-order chi connectivity index (χ0) is 16.8. The number of alkyl halides is 2. The summed E-state index contributed by atoms with van der Waals surface area (Å²) < 4.78 is 30.1. The summed E-state index contributed by atoms with van der Waals surface area (Å²) in [4.78, 5) is 12.1. The van der Waals surface area contributed by atoms with Gasteiger partial charge < -0.3 is 10.1 Å². The number of carbonyl (C=O) groups is 1. The summed E-state index contributed by atoms with van der Waals surface area (Å²) in [7, 11) is 0. The summed E-state index contributed by atoms with van der Waals surface area (Å²) in [5.74, 6) is -0.0233. The van der Waals surface area contributed by atoms with E-state index in [-0.39, 0.29) is 11.7 Å². The Labute approximate surface area is 154 Å². The van der Waals surface area contributed by atoms with Crippen LogP contribution in [0.15, 0.2) is 46.9 Å². The minimum atomic E-state index is -2.83. The Kier molecular flexibility index (Phi) is 6.76. The van der Waals surface area contributed by atoms with E-state index in [1.165, 1.54) is 12.1 Å². The molecule has 0 aliphatic heterocycles. The van der Waals surface area contributed by atoms with Crippen LogP contribution in [0.25, 0.3) is 0 Å². The third kappa shape index (κ3) is 5.72. The fourth-order valence-electron chi connectivity index (χ4n) is 1.92. The third-order valence-electron chi connectivity index (χ3n) is 3.02. The smallest absolute Gasteiger partial charge is 0.387 e. The Hall–Kier alpha value is -1.22. The number of hydrogen-bond acceptors (Lipinski definition) is 2. The first-order chi connectivity index (χ1) is 11.0. The zero-order valence-electron chi connectivity index (χ0n) is 11.9. The van der Waals surface area contributed by atoms with Gasteiger partial charge in [0.25, 0.3) is 5.91 Å². The van der Waals surface area contributed by atoms with Crippen molar-refractivity contribution in [2.75, 3.05) is 6.54 Å². The van der Waals surface area contributed by atoms with Crippen molar-refractivity contribution >= 4 is 44.4 Å². The molecule has 0 fully saturated rings. The fourth-order valence-corrected chi connectivity index (χ4v) is 2.87. The van der Waals surface area contributed by atoms with Crippen LogP contribution in [0, 0.1) is 3.57 Å². The first kappa shape index (κ1) is 18.1. The lowest BCUT2D eigenvalue weighted by molar-refractivity contribution is -0.0498. The van der Waals surface area contributed by atoms with Gasteiger partial charge in [-0.25, -0.2) is 0 Å². The highest BCUT2D eigenvalue weighted by Crippen LogP contribution is 2.18. The molecule has 3 nitrogen and oxygen atoms in total. The number of halogens is 4. The van der Waals surface area contributed by atoms with E-state index in [9.17, 15) is 13.6 Å². The van der Waals surface area contributed by atoms with Crippen molar-refractivity contribution < 1.29 is 18.3 Å². The summed E-state index contributed by atoms with van der Waals surface area (Å²) in [6.45, 7) is -2.37. The normalized spacial score (nSPS) is 10.7. The lowest BCUT2D eigenvalue weighted by atomic mass is 10.1. The van der Waals surface area contributed by atoms with Crippen LogP contribution in [-0.4, -0.2) is 19.1 Å². The predicted octanol–water partition coefficient (Wildman–Crippen LogP) is 4.63. The molecule has 0 aromatic heterocycles. The van der Waals surface area contributed by atoms with Crippen molar-refractivity contribution in [1.82, 2.24) is 5.32 Å². The first-order valence-corrected chi connectivity index (χ1v) is 8.60. The highest BCUT2D eigenvalue weighted by Gasteiger charge is 2.10. The molecule has 0 aliphatic rings. The molecule has 1 N–H and O–H groups in total. The van der Waals surface area contributed by atoms with Crippen molar-refractivity contribution in [1.29, 1.82) is 0 Å².